The molecule has 0 saturated heterocycles. The van der Waals surface area contributed by atoms with Gasteiger partial charge in [0.05, 0.1) is 0 Å². The van der Waals surface area contributed by atoms with Crippen LogP contribution >= 0.6 is 12.2 Å². The average molecular weight is 114 g/mol. The van der Waals surface area contributed by atoms with Crippen molar-refractivity contribution in [3.05, 3.63) is 17.0 Å². The van der Waals surface area contributed by atoms with E-state index in [1.807, 2.05) is 0 Å². The number of nitrogens with zero attached hydrogens (tertiary/aromatic N) is 2. The molecule has 0 aromatic carbocycles. The van der Waals surface area contributed by atoms with E-state index >= 15 is 0 Å². The van der Waals surface area contributed by atoms with Gasteiger partial charge in [-0.3, -0.25) is 0 Å². The van der Waals surface area contributed by atoms with E-state index in [1.54, 1.807) is 6.07 Å². The van der Waals surface area contributed by atoms with Gasteiger partial charge in [-0.1, -0.05) is 12.2 Å². The Morgan fingerprint density at radius 1 is 1.71 bits per heavy atom. The normalized spacial score (nSPS) is 8.57. The van der Waals surface area contributed by atoms with Crippen molar-refractivity contribution in [3.63, 3.8) is 0 Å². The Balaban J connectivity index is 3.28. The predicted molar refractivity (Wildman–Crippen MR) is 25.1 cm³/mol. The van der Waals surface area contributed by atoms with Gasteiger partial charge in [0.15, 0.2) is 4.64 Å². The summed E-state index contributed by atoms with van der Waals surface area (Å²) in [4.78, 5) is 0. The smallest absolute Gasteiger partial charge is 0.155 e. The summed E-state index contributed by atoms with van der Waals surface area (Å²) in [5.41, 5.74) is 0. The van der Waals surface area contributed by atoms with Gasteiger partial charge in [-0.05, 0) is 0 Å². The summed E-state index contributed by atoms with van der Waals surface area (Å²) in [5.74, 6) is 0. The SMILES string of the molecule is S=c1cconn1. The third-order valence-electron chi connectivity index (χ3n) is 0.458. The summed E-state index contributed by atoms with van der Waals surface area (Å²) >= 11 is 4.58. The summed E-state index contributed by atoms with van der Waals surface area (Å²) in [6, 6.07) is 1.56. The predicted octanol–water partition coefficient (Wildman–Crippen LogP) is 0.799. The monoisotopic (exact) mass is 114 g/mol. The lowest BCUT2D eigenvalue weighted by atomic mass is 10.8. The zero-order valence-electron chi connectivity index (χ0n) is 3.37. The maximum atomic E-state index is 4.58. The molecule has 0 saturated carbocycles. The molecule has 0 N–H and O–H groups in total. The number of hydrogen-bond acceptors (Lipinski definition) is 4. The molecular weight excluding hydrogens is 112 g/mol. The Morgan fingerprint density at radius 2 is 2.57 bits per heavy atom. The van der Waals surface area contributed by atoms with Crippen LogP contribution in [0, 0.1) is 4.64 Å². The van der Waals surface area contributed by atoms with Crippen molar-refractivity contribution in [2.24, 2.45) is 0 Å². The highest BCUT2D eigenvalue weighted by Crippen LogP contribution is 1.76. The van der Waals surface area contributed by atoms with Gasteiger partial charge in [0.1, 0.15) is 6.26 Å². The highest BCUT2D eigenvalue weighted by Gasteiger charge is 1.71. The average Bonchev–Trinajstić information content (AvgIpc) is 1.69. The summed E-state index contributed by atoms with van der Waals surface area (Å²) in [6.45, 7) is 0. The summed E-state index contributed by atoms with van der Waals surface area (Å²) < 4.78 is 4.78. The van der Waals surface area contributed by atoms with Crippen molar-refractivity contribution < 1.29 is 4.52 Å². The van der Waals surface area contributed by atoms with Crippen molar-refractivity contribution in [2.45, 2.75) is 0 Å². The first kappa shape index (κ1) is 4.39. The first-order valence-corrected chi connectivity index (χ1v) is 2.08. The van der Waals surface area contributed by atoms with Crippen LogP contribution in [0.25, 0.3) is 0 Å². The van der Waals surface area contributed by atoms with E-state index in [2.05, 4.69) is 27.1 Å². The molecule has 0 atom stereocenters. The largest absolute Gasteiger partial charge is 0.347 e. The second-order valence-corrected chi connectivity index (χ2v) is 1.35. The Kier molecular flexibility index (Phi) is 1.12. The minimum Gasteiger partial charge on any atom is -0.347 e. The van der Waals surface area contributed by atoms with Crippen LogP contribution in [0.4, 0.5) is 0 Å². The highest BCUT2D eigenvalue weighted by atomic mass is 32.1. The summed E-state index contributed by atoms with van der Waals surface area (Å²) in [6.07, 6.45) is 1.38. The molecule has 7 heavy (non-hydrogen) atoms. The van der Waals surface area contributed by atoms with Gasteiger partial charge in [0.25, 0.3) is 0 Å². The van der Waals surface area contributed by atoms with Crippen molar-refractivity contribution in [1.82, 2.24) is 10.4 Å². The molecule has 1 aromatic rings. The van der Waals surface area contributed by atoms with Crippen LogP contribution in [0.5, 0.6) is 0 Å². The Morgan fingerprint density at radius 3 is 2.86 bits per heavy atom. The van der Waals surface area contributed by atoms with Crippen LogP contribution in [0.1, 0.15) is 0 Å². The lowest BCUT2D eigenvalue weighted by Gasteiger charge is -1.71. The van der Waals surface area contributed by atoms with Crippen LogP contribution < -0.4 is 0 Å². The lowest BCUT2D eigenvalue weighted by molar-refractivity contribution is 0.358. The first-order valence-electron chi connectivity index (χ1n) is 1.67. The van der Waals surface area contributed by atoms with E-state index in [0.29, 0.717) is 4.64 Å². The molecule has 4 heteroatoms. The molecule has 0 aliphatic heterocycles. The molecule has 1 rings (SSSR count). The minimum absolute atomic E-state index is 0.450. The summed E-state index contributed by atoms with van der Waals surface area (Å²) in [7, 11) is 0. The second-order valence-electron chi connectivity index (χ2n) is 0.928. The molecule has 0 spiro atoms. The zero-order valence-corrected chi connectivity index (χ0v) is 4.18. The van der Waals surface area contributed by atoms with Crippen LogP contribution in [0.2, 0.25) is 0 Å². The van der Waals surface area contributed by atoms with Crippen LogP contribution in [0.15, 0.2) is 16.9 Å². The molecule has 0 fully saturated rings. The Bertz CT molecular complexity index is 179. The molecule has 0 unspecified atom stereocenters. The fourth-order valence-corrected chi connectivity index (χ4v) is 0.302. The Labute approximate surface area is 45.0 Å². The maximum Gasteiger partial charge on any atom is 0.155 e. The topological polar surface area (TPSA) is 38.9 Å². The molecular formula is C3H2N2OS. The van der Waals surface area contributed by atoms with Crippen LogP contribution in [0.3, 0.4) is 0 Å². The Hall–Kier alpha value is -0.770. The molecule has 36 valence electrons. The lowest BCUT2D eigenvalue weighted by Crippen LogP contribution is -1.74. The highest BCUT2D eigenvalue weighted by molar-refractivity contribution is 7.71. The van der Waals surface area contributed by atoms with Gasteiger partial charge in [-0.25, -0.2) is 0 Å². The standard InChI is InChI=1S/C3H2N2OS/c7-3-1-2-6-5-4-3/h1-2H. The van der Waals surface area contributed by atoms with Gasteiger partial charge >= 0.3 is 0 Å². The third kappa shape index (κ3) is 1.04. The third-order valence-corrected chi connectivity index (χ3v) is 0.676. The van der Waals surface area contributed by atoms with Gasteiger partial charge in [0.2, 0.25) is 0 Å². The molecule has 0 aliphatic carbocycles. The molecule has 0 bridgehead atoms. The van der Waals surface area contributed by atoms with Gasteiger partial charge in [-0.2, -0.15) is 0 Å². The van der Waals surface area contributed by atoms with E-state index in [4.69, 9.17) is 0 Å². The molecule has 3 nitrogen and oxygen atoms in total. The van der Waals surface area contributed by atoms with Crippen molar-refractivity contribution in [1.29, 1.82) is 0 Å². The zero-order chi connectivity index (χ0) is 5.11. The van der Waals surface area contributed by atoms with Gasteiger partial charge < -0.3 is 4.52 Å². The maximum absolute atomic E-state index is 4.58. The number of rotatable bonds is 0. The first-order chi connectivity index (χ1) is 3.39. The number of aromatic nitrogens is 2. The van der Waals surface area contributed by atoms with Crippen molar-refractivity contribution in [2.75, 3.05) is 0 Å². The van der Waals surface area contributed by atoms with E-state index in [0.717, 1.165) is 0 Å². The van der Waals surface area contributed by atoms with Crippen LogP contribution in [-0.4, -0.2) is 10.4 Å². The second kappa shape index (κ2) is 1.79. The van der Waals surface area contributed by atoms with Crippen molar-refractivity contribution >= 4 is 12.2 Å². The molecule has 0 aliphatic rings. The quantitative estimate of drug-likeness (QED) is 0.467. The molecule has 0 amide bonds. The fraction of sp³-hybridized carbons (Fsp3) is 0. The fourth-order valence-electron chi connectivity index (χ4n) is 0.213. The van der Waals surface area contributed by atoms with Gasteiger partial charge in [0, 0.05) is 11.3 Å². The molecule has 0 radical (unpaired) electrons. The van der Waals surface area contributed by atoms with Gasteiger partial charge in [-0.15, -0.1) is 5.10 Å². The van der Waals surface area contributed by atoms with E-state index in [-0.39, 0.29) is 0 Å². The minimum atomic E-state index is 0.450. The van der Waals surface area contributed by atoms with Crippen molar-refractivity contribution in [3.8, 4) is 0 Å². The molecule has 1 heterocycles. The molecule has 1 aromatic heterocycles. The number of hydrogen-bond donors (Lipinski definition) is 0. The van der Waals surface area contributed by atoms with E-state index in [9.17, 15) is 0 Å². The van der Waals surface area contributed by atoms with E-state index in [1.165, 1.54) is 6.26 Å². The summed E-state index contributed by atoms with van der Waals surface area (Å²) in [5, 5.41) is 6.53. The van der Waals surface area contributed by atoms with Crippen LogP contribution in [-0.2, 0) is 0 Å². The van der Waals surface area contributed by atoms with E-state index < -0.39 is 0 Å².